The molecule has 0 bridgehead atoms. The smallest absolute Gasteiger partial charge is 0.233 e. The molecule has 1 aromatic carbocycles. The molecule has 1 aliphatic rings. The molecule has 0 spiro atoms. The van der Waals surface area contributed by atoms with Crippen molar-refractivity contribution in [1.29, 1.82) is 0 Å². The van der Waals surface area contributed by atoms with E-state index < -0.39 is 0 Å². The highest BCUT2D eigenvalue weighted by Crippen LogP contribution is 2.27. The highest BCUT2D eigenvalue weighted by molar-refractivity contribution is 7.99. The van der Waals surface area contributed by atoms with Gasteiger partial charge in [0.2, 0.25) is 5.91 Å². The van der Waals surface area contributed by atoms with Crippen molar-refractivity contribution in [3.8, 4) is 17.1 Å². The quantitative estimate of drug-likeness (QED) is 0.751. The fraction of sp³-hybridized carbons (Fsp3) is 0.526. The molecule has 2 aromatic rings. The maximum atomic E-state index is 12.7. The molecule has 7 heteroatoms. The SMILES string of the molecule is COc1ccc(-c2nnc(SCC(=O)N3[C@H](C)CCC[C@H]3C)n2C)cc1. The third-order valence-electron chi connectivity index (χ3n) is 4.99. The summed E-state index contributed by atoms with van der Waals surface area (Å²) in [5.74, 6) is 2.16. The number of piperidine rings is 1. The van der Waals surface area contributed by atoms with Gasteiger partial charge in [0.05, 0.1) is 12.9 Å². The Balaban J connectivity index is 1.67. The number of methoxy groups -OCH3 is 1. The molecule has 0 unspecified atom stereocenters. The van der Waals surface area contributed by atoms with Crippen LogP contribution in [0.15, 0.2) is 29.4 Å². The second-order valence-corrected chi connectivity index (χ2v) is 7.75. The molecular formula is C19H26N4O2S. The summed E-state index contributed by atoms with van der Waals surface area (Å²) in [6, 6.07) is 8.36. The van der Waals surface area contributed by atoms with Crippen LogP contribution in [0.1, 0.15) is 33.1 Å². The number of carbonyl (C=O) groups is 1. The number of thioether (sulfide) groups is 1. The summed E-state index contributed by atoms with van der Waals surface area (Å²) in [5.41, 5.74) is 0.970. The maximum Gasteiger partial charge on any atom is 0.233 e. The molecule has 0 N–H and O–H groups in total. The number of hydrogen-bond acceptors (Lipinski definition) is 5. The largest absolute Gasteiger partial charge is 0.497 e. The van der Waals surface area contributed by atoms with Crippen LogP contribution in [-0.4, -0.2) is 50.5 Å². The Hall–Kier alpha value is -2.02. The third kappa shape index (κ3) is 3.87. The number of hydrogen-bond donors (Lipinski definition) is 0. The van der Waals surface area contributed by atoms with Gasteiger partial charge in [-0.2, -0.15) is 0 Å². The Kier molecular flexibility index (Phi) is 5.86. The predicted octanol–water partition coefficient (Wildman–Crippen LogP) is 3.37. The van der Waals surface area contributed by atoms with Gasteiger partial charge in [-0.1, -0.05) is 11.8 Å². The van der Waals surface area contributed by atoms with Crippen molar-refractivity contribution in [3.05, 3.63) is 24.3 Å². The Morgan fingerprint density at radius 3 is 2.46 bits per heavy atom. The summed E-state index contributed by atoms with van der Waals surface area (Å²) in [6.45, 7) is 4.28. The Morgan fingerprint density at radius 2 is 1.85 bits per heavy atom. The van der Waals surface area contributed by atoms with Gasteiger partial charge in [-0.25, -0.2) is 0 Å². The van der Waals surface area contributed by atoms with Gasteiger partial charge in [0.15, 0.2) is 11.0 Å². The lowest BCUT2D eigenvalue weighted by Crippen LogP contribution is -2.48. The zero-order chi connectivity index (χ0) is 18.7. The lowest BCUT2D eigenvalue weighted by Gasteiger charge is -2.39. The second kappa shape index (κ2) is 8.12. The molecule has 0 saturated carbocycles. The van der Waals surface area contributed by atoms with E-state index >= 15 is 0 Å². The van der Waals surface area contributed by atoms with Crippen molar-refractivity contribution in [1.82, 2.24) is 19.7 Å². The molecule has 140 valence electrons. The van der Waals surface area contributed by atoms with Crippen molar-refractivity contribution in [2.24, 2.45) is 7.05 Å². The minimum Gasteiger partial charge on any atom is -0.497 e. The second-order valence-electron chi connectivity index (χ2n) is 6.81. The van der Waals surface area contributed by atoms with Crippen LogP contribution in [0.4, 0.5) is 0 Å². The lowest BCUT2D eigenvalue weighted by atomic mass is 9.98. The van der Waals surface area contributed by atoms with E-state index in [1.54, 1.807) is 7.11 Å². The van der Waals surface area contributed by atoms with Crippen LogP contribution in [0.2, 0.25) is 0 Å². The van der Waals surface area contributed by atoms with Crippen LogP contribution < -0.4 is 4.74 Å². The van der Waals surface area contributed by atoms with Crippen LogP contribution in [0.25, 0.3) is 11.4 Å². The number of rotatable bonds is 5. The average Bonchev–Trinajstić information content (AvgIpc) is 3.00. The number of carbonyl (C=O) groups excluding carboxylic acids is 1. The molecule has 2 atom stereocenters. The number of likely N-dealkylation sites (tertiary alicyclic amines) is 1. The molecule has 1 amide bonds. The van der Waals surface area contributed by atoms with Gasteiger partial charge in [-0.05, 0) is 57.4 Å². The molecule has 6 nitrogen and oxygen atoms in total. The fourth-order valence-electron chi connectivity index (χ4n) is 3.55. The van der Waals surface area contributed by atoms with Gasteiger partial charge in [0.1, 0.15) is 5.75 Å². The first-order valence-electron chi connectivity index (χ1n) is 8.99. The number of benzene rings is 1. The van der Waals surface area contributed by atoms with Crippen molar-refractivity contribution in [3.63, 3.8) is 0 Å². The van der Waals surface area contributed by atoms with Crippen LogP contribution >= 0.6 is 11.8 Å². The minimum atomic E-state index is 0.184. The molecular weight excluding hydrogens is 348 g/mol. The van der Waals surface area contributed by atoms with Gasteiger partial charge < -0.3 is 14.2 Å². The highest BCUT2D eigenvalue weighted by Gasteiger charge is 2.29. The van der Waals surface area contributed by atoms with Crippen molar-refractivity contribution < 1.29 is 9.53 Å². The Labute approximate surface area is 158 Å². The molecule has 2 heterocycles. The first-order chi connectivity index (χ1) is 12.5. The van der Waals surface area contributed by atoms with E-state index in [-0.39, 0.29) is 5.91 Å². The van der Waals surface area contributed by atoms with Crippen LogP contribution in [0, 0.1) is 0 Å². The monoisotopic (exact) mass is 374 g/mol. The van der Waals surface area contributed by atoms with Gasteiger partial charge >= 0.3 is 0 Å². The number of ether oxygens (including phenoxy) is 1. The Bertz CT molecular complexity index is 749. The predicted molar refractivity (Wildman–Crippen MR) is 103 cm³/mol. The zero-order valence-corrected chi connectivity index (χ0v) is 16.6. The van der Waals surface area contributed by atoms with E-state index in [0.717, 1.165) is 35.1 Å². The van der Waals surface area contributed by atoms with Gasteiger partial charge in [0, 0.05) is 24.7 Å². The standard InChI is InChI=1S/C19H26N4O2S/c1-13-6-5-7-14(2)23(13)17(24)12-26-19-21-20-18(22(19)3)15-8-10-16(25-4)11-9-15/h8-11,13-14H,5-7,12H2,1-4H3/t13-,14-/m1/s1. The molecule has 1 aliphatic heterocycles. The van der Waals surface area contributed by atoms with E-state index in [4.69, 9.17) is 4.74 Å². The molecule has 1 fully saturated rings. The van der Waals surface area contributed by atoms with E-state index in [9.17, 15) is 4.79 Å². The van der Waals surface area contributed by atoms with E-state index in [2.05, 4.69) is 24.0 Å². The maximum absolute atomic E-state index is 12.7. The van der Waals surface area contributed by atoms with Crippen LogP contribution in [0.5, 0.6) is 5.75 Å². The zero-order valence-electron chi connectivity index (χ0n) is 15.8. The fourth-order valence-corrected chi connectivity index (χ4v) is 4.33. The molecule has 0 aliphatic carbocycles. The van der Waals surface area contributed by atoms with Crippen molar-refractivity contribution in [2.45, 2.75) is 50.4 Å². The summed E-state index contributed by atoms with van der Waals surface area (Å²) < 4.78 is 7.12. The molecule has 1 aromatic heterocycles. The topological polar surface area (TPSA) is 60.3 Å². The number of amides is 1. The van der Waals surface area contributed by atoms with Gasteiger partial charge in [-0.15, -0.1) is 10.2 Å². The summed E-state index contributed by atoms with van der Waals surface area (Å²) in [5, 5.41) is 9.30. The highest BCUT2D eigenvalue weighted by atomic mass is 32.2. The average molecular weight is 375 g/mol. The molecule has 3 rings (SSSR count). The summed E-state index contributed by atoms with van der Waals surface area (Å²) in [4.78, 5) is 14.7. The van der Waals surface area contributed by atoms with Crippen LogP contribution in [-0.2, 0) is 11.8 Å². The lowest BCUT2D eigenvalue weighted by molar-refractivity contribution is -0.134. The minimum absolute atomic E-state index is 0.184. The number of nitrogens with zero attached hydrogens (tertiary/aromatic N) is 4. The van der Waals surface area contributed by atoms with Crippen LogP contribution in [0.3, 0.4) is 0 Å². The first-order valence-corrected chi connectivity index (χ1v) is 9.97. The van der Waals surface area contributed by atoms with Gasteiger partial charge in [0.25, 0.3) is 0 Å². The summed E-state index contributed by atoms with van der Waals surface area (Å²) in [7, 11) is 3.58. The van der Waals surface area contributed by atoms with Crippen molar-refractivity contribution in [2.75, 3.05) is 12.9 Å². The first kappa shape index (κ1) is 18.8. The molecule has 26 heavy (non-hydrogen) atoms. The third-order valence-corrected chi connectivity index (χ3v) is 5.99. The Morgan fingerprint density at radius 1 is 1.19 bits per heavy atom. The van der Waals surface area contributed by atoms with Gasteiger partial charge in [-0.3, -0.25) is 4.79 Å². The summed E-state index contributed by atoms with van der Waals surface area (Å²) >= 11 is 1.45. The van der Waals surface area contributed by atoms with E-state index in [1.807, 2.05) is 40.8 Å². The molecule has 1 saturated heterocycles. The molecule has 0 radical (unpaired) electrons. The number of aromatic nitrogens is 3. The van der Waals surface area contributed by atoms with E-state index in [1.165, 1.54) is 18.2 Å². The van der Waals surface area contributed by atoms with E-state index in [0.29, 0.717) is 17.8 Å². The van der Waals surface area contributed by atoms with Crippen molar-refractivity contribution >= 4 is 17.7 Å². The normalized spacial score (nSPS) is 20.2. The summed E-state index contributed by atoms with van der Waals surface area (Å²) in [6.07, 6.45) is 3.38.